The molecule has 1 aromatic carbocycles. The van der Waals surface area contributed by atoms with Crippen molar-refractivity contribution in [1.82, 2.24) is 14.5 Å². The zero-order chi connectivity index (χ0) is 14.5. The summed E-state index contributed by atoms with van der Waals surface area (Å²) in [5.41, 5.74) is 1.41. The minimum absolute atomic E-state index is 0.318. The number of carboxylic acid groups (broad SMARTS) is 1. The van der Waals surface area contributed by atoms with Crippen molar-refractivity contribution in [2.24, 2.45) is 0 Å². The Bertz CT molecular complexity index is 575. The molecule has 0 unspecified atom stereocenters. The predicted octanol–water partition coefficient (Wildman–Crippen LogP) is 2.23. The van der Waals surface area contributed by atoms with Crippen molar-refractivity contribution >= 4 is 5.97 Å². The van der Waals surface area contributed by atoms with Gasteiger partial charge in [0.15, 0.2) is 0 Å². The van der Waals surface area contributed by atoms with Gasteiger partial charge in [-0.15, -0.1) is 0 Å². The number of nitrogens with zero attached hydrogens (tertiary/aromatic N) is 3. The van der Waals surface area contributed by atoms with Crippen LogP contribution in [0.15, 0.2) is 36.7 Å². The number of aromatic nitrogens is 2. The van der Waals surface area contributed by atoms with Gasteiger partial charge in [-0.25, -0.2) is 9.78 Å². The monoisotopic (exact) mass is 273 g/mol. The third-order valence-electron chi connectivity index (χ3n) is 3.21. The molecule has 106 valence electrons. The molecular weight excluding hydrogens is 254 g/mol. The van der Waals surface area contributed by atoms with Crippen LogP contribution in [-0.4, -0.2) is 32.6 Å². The molecule has 0 amide bonds. The highest BCUT2D eigenvalue weighted by molar-refractivity contribution is 5.87. The number of aryl methyl sites for hydroxylation is 1. The zero-order valence-electron chi connectivity index (χ0n) is 11.8. The number of rotatable bonds is 6. The minimum atomic E-state index is -0.894. The molecule has 0 atom stereocenters. The number of benzene rings is 1. The maximum Gasteiger partial charge on any atom is 0.335 e. The third-order valence-corrected chi connectivity index (χ3v) is 3.21. The van der Waals surface area contributed by atoms with E-state index in [4.69, 9.17) is 5.11 Å². The molecule has 5 nitrogen and oxygen atoms in total. The number of hydrogen-bond donors (Lipinski definition) is 1. The Morgan fingerprint density at radius 2 is 2.00 bits per heavy atom. The van der Waals surface area contributed by atoms with E-state index < -0.39 is 5.97 Å². The predicted molar refractivity (Wildman–Crippen MR) is 76.5 cm³/mol. The summed E-state index contributed by atoms with van der Waals surface area (Å²) in [5, 5.41) is 8.87. The SMILES string of the molecule is CCn1ccnc1CN(C)Cc1ccc(C(=O)O)cc1. The second kappa shape index (κ2) is 6.34. The van der Waals surface area contributed by atoms with Gasteiger partial charge in [-0.05, 0) is 31.7 Å². The fraction of sp³-hybridized carbons (Fsp3) is 0.333. The van der Waals surface area contributed by atoms with Crippen LogP contribution in [0.2, 0.25) is 0 Å². The topological polar surface area (TPSA) is 58.4 Å². The Kier molecular flexibility index (Phi) is 4.53. The molecule has 2 aromatic rings. The molecule has 0 fully saturated rings. The van der Waals surface area contributed by atoms with E-state index in [2.05, 4.69) is 21.4 Å². The maximum absolute atomic E-state index is 10.8. The van der Waals surface area contributed by atoms with Crippen molar-refractivity contribution in [2.75, 3.05) is 7.05 Å². The van der Waals surface area contributed by atoms with Gasteiger partial charge in [0.2, 0.25) is 0 Å². The van der Waals surface area contributed by atoms with Crippen LogP contribution in [-0.2, 0) is 19.6 Å². The van der Waals surface area contributed by atoms with Gasteiger partial charge in [0, 0.05) is 25.5 Å². The molecular formula is C15H19N3O2. The molecule has 5 heteroatoms. The first-order chi connectivity index (χ1) is 9.60. The van der Waals surface area contributed by atoms with Crippen LogP contribution < -0.4 is 0 Å². The van der Waals surface area contributed by atoms with E-state index in [0.29, 0.717) is 5.56 Å². The smallest absolute Gasteiger partial charge is 0.335 e. The molecule has 1 heterocycles. The molecule has 0 saturated carbocycles. The van der Waals surface area contributed by atoms with Gasteiger partial charge in [-0.1, -0.05) is 12.1 Å². The molecule has 0 radical (unpaired) electrons. The van der Waals surface area contributed by atoms with Crippen molar-refractivity contribution in [3.05, 3.63) is 53.6 Å². The number of carboxylic acids is 1. The largest absolute Gasteiger partial charge is 0.478 e. The summed E-state index contributed by atoms with van der Waals surface area (Å²) in [5.74, 6) is 0.145. The average molecular weight is 273 g/mol. The molecule has 0 aliphatic rings. The Hall–Kier alpha value is -2.14. The maximum atomic E-state index is 10.8. The molecule has 0 aliphatic carbocycles. The number of carbonyl (C=O) groups is 1. The lowest BCUT2D eigenvalue weighted by Gasteiger charge is -2.17. The first kappa shape index (κ1) is 14.3. The van der Waals surface area contributed by atoms with Gasteiger partial charge in [-0.2, -0.15) is 0 Å². The highest BCUT2D eigenvalue weighted by Gasteiger charge is 2.07. The van der Waals surface area contributed by atoms with Gasteiger partial charge in [0.25, 0.3) is 0 Å². The summed E-state index contributed by atoms with van der Waals surface area (Å²) in [6.45, 7) is 4.53. The van der Waals surface area contributed by atoms with Gasteiger partial charge in [-0.3, -0.25) is 4.90 Å². The van der Waals surface area contributed by atoms with E-state index in [-0.39, 0.29) is 0 Å². The molecule has 20 heavy (non-hydrogen) atoms. The van der Waals surface area contributed by atoms with Crippen LogP contribution in [0.5, 0.6) is 0 Å². The quantitative estimate of drug-likeness (QED) is 0.877. The van der Waals surface area contributed by atoms with Crippen LogP contribution in [0.25, 0.3) is 0 Å². The Morgan fingerprint density at radius 1 is 1.30 bits per heavy atom. The van der Waals surface area contributed by atoms with Crippen molar-refractivity contribution in [3.63, 3.8) is 0 Å². The van der Waals surface area contributed by atoms with Gasteiger partial charge in [0.1, 0.15) is 5.82 Å². The second-order valence-corrected chi connectivity index (χ2v) is 4.80. The van der Waals surface area contributed by atoms with Crippen LogP contribution in [0.4, 0.5) is 0 Å². The molecule has 1 aromatic heterocycles. The molecule has 2 rings (SSSR count). The lowest BCUT2D eigenvalue weighted by Crippen LogP contribution is -2.20. The lowest BCUT2D eigenvalue weighted by atomic mass is 10.1. The van der Waals surface area contributed by atoms with Crippen LogP contribution >= 0.6 is 0 Å². The van der Waals surface area contributed by atoms with E-state index in [9.17, 15) is 4.79 Å². The lowest BCUT2D eigenvalue weighted by molar-refractivity contribution is 0.0697. The number of hydrogen-bond acceptors (Lipinski definition) is 3. The summed E-state index contributed by atoms with van der Waals surface area (Å²) in [4.78, 5) is 17.3. The van der Waals surface area contributed by atoms with E-state index >= 15 is 0 Å². The zero-order valence-corrected chi connectivity index (χ0v) is 11.8. The summed E-state index contributed by atoms with van der Waals surface area (Å²) in [6, 6.07) is 6.98. The highest BCUT2D eigenvalue weighted by atomic mass is 16.4. The highest BCUT2D eigenvalue weighted by Crippen LogP contribution is 2.09. The van der Waals surface area contributed by atoms with Crippen LogP contribution in [0.1, 0.15) is 28.7 Å². The van der Waals surface area contributed by atoms with Gasteiger partial charge in [0.05, 0.1) is 12.1 Å². The summed E-state index contributed by atoms with van der Waals surface area (Å²) >= 11 is 0. The molecule has 0 aliphatic heterocycles. The summed E-state index contributed by atoms with van der Waals surface area (Å²) in [7, 11) is 2.03. The molecule has 0 saturated heterocycles. The first-order valence-corrected chi connectivity index (χ1v) is 6.61. The second-order valence-electron chi connectivity index (χ2n) is 4.80. The van der Waals surface area contributed by atoms with E-state index in [1.54, 1.807) is 12.1 Å². The fourth-order valence-corrected chi connectivity index (χ4v) is 2.14. The third kappa shape index (κ3) is 3.45. The Morgan fingerprint density at radius 3 is 2.60 bits per heavy atom. The van der Waals surface area contributed by atoms with Crippen LogP contribution in [0.3, 0.4) is 0 Å². The average Bonchev–Trinajstić information content (AvgIpc) is 2.86. The van der Waals surface area contributed by atoms with Gasteiger partial charge >= 0.3 is 5.97 Å². The molecule has 0 spiro atoms. The summed E-state index contributed by atoms with van der Waals surface area (Å²) in [6.07, 6.45) is 3.79. The first-order valence-electron chi connectivity index (χ1n) is 6.61. The van der Waals surface area contributed by atoms with E-state index in [0.717, 1.165) is 31.0 Å². The van der Waals surface area contributed by atoms with Crippen molar-refractivity contribution < 1.29 is 9.90 Å². The van der Waals surface area contributed by atoms with Gasteiger partial charge < -0.3 is 9.67 Å². The standard InChI is InChI=1S/C15H19N3O2/c1-3-18-9-8-16-14(18)11-17(2)10-12-4-6-13(7-5-12)15(19)20/h4-9H,3,10-11H2,1-2H3,(H,19,20). The molecule has 0 bridgehead atoms. The number of imidazole rings is 1. The Balaban J connectivity index is 1.97. The Labute approximate surface area is 118 Å². The van der Waals surface area contributed by atoms with E-state index in [1.165, 1.54) is 0 Å². The number of aromatic carboxylic acids is 1. The minimum Gasteiger partial charge on any atom is -0.478 e. The van der Waals surface area contributed by atoms with Crippen LogP contribution in [0, 0.1) is 0 Å². The fourth-order valence-electron chi connectivity index (χ4n) is 2.14. The van der Waals surface area contributed by atoms with Crippen molar-refractivity contribution in [1.29, 1.82) is 0 Å². The summed E-state index contributed by atoms with van der Waals surface area (Å²) < 4.78 is 2.12. The van der Waals surface area contributed by atoms with E-state index in [1.807, 2.05) is 31.6 Å². The van der Waals surface area contributed by atoms with Crippen molar-refractivity contribution in [3.8, 4) is 0 Å². The van der Waals surface area contributed by atoms with Crippen molar-refractivity contribution in [2.45, 2.75) is 26.6 Å². The normalized spacial score (nSPS) is 10.9. The molecule has 1 N–H and O–H groups in total.